The van der Waals surface area contributed by atoms with E-state index in [0.717, 1.165) is 0 Å². The normalized spacial score (nSPS) is 58.7. The Kier molecular flexibility index (Phi) is 2.94. The van der Waals surface area contributed by atoms with Crippen LogP contribution in [0.25, 0.3) is 0 Å². The average molecular weight is 234 g/mol. The van der Waals surface area contributed by atoms with Crippen molar-refractivity contribution in [3.05, 3.63) is 0 Å². The molecule has 1 saturated heterocycles. The Labute approximate surface area is 96.0 Å². The van der Waals surface area contributed by atoms with Gasteiger partial charge in [-0.1, -0.05) is 0 Å². The molecule has 16 heavy (non-hydrogen) atoms. The Balaban J connectivity index is 3.32. The second-order valence-corrected chi connectivity index (χ2v) is 5.20. The van der Waals surface area contributed by atoms with Crippen molar-refractivity contribution in [2.45, 2.75) is 63.3 Å². The number of hydrogen-bond acceptors (Lipinski definition) is 5. The number of rotatable bonds is 1. The van der Waals surface area contributed by atoms with Gasteiger partial charge in [0.25, 0.3) is 0 Å². The molecule has 0 aromatic carbocycles. The molecule has 5 atom stereocenters. The molecule has 0 unspecified atom stereocenters. The van der Waals surface area contributed by atoms with Gasteiger partial charge in [0, 0.05) is 7.11 Å². The Morgan fingerprint density at radius 2 is 1.44 bits per heavy atom. The lowest BCUT2D eigenvalue weighted by Crippen LogP contribution is -2.80. The molecule has 1 rings (SSSR count). The van der Waals surface area contributed by atoms with Gasteiger partial charge in [0.15, 0.2) is 5.79 Å². The lowest BCUT2D eigenvalue weighted by atomic mass is 9.65. The van der Waals surface area contributed by atoms with Gasteiger partial charge in [0.2, 0.25) is 0 Å². The number of methoxy groups -OCH3 is 1. The fourth-order valence-electron chi connectivity index (χ4n) is 2.14. The zero-order valence-electron chi connectivity index (χ0n) is 10.7. The van der Waals surface area contributed by atoms with Gasteiger partial charge in [0.1, 0.15) is 16.8 Å². The highest BCUT2D eigenvalue weighted by Crippen LogP contribution is 2.49. The highest BCUT2D eigenvalue weighted by Gasteiger charge is 2.69. The molecule has 1 aliphatic rings. The van der Waals surface area contributed by atoms with E-state index in [9.17, 15) is 15.3 Å². The molecule has 3 N–H and O–H groups in total. The molecule has 0 aromatic heterocycles. The van der Waals surface area contributed by atoms with Crippen LogP contribution < -0.4 is 0 Å². The van der Waals surface area contributed by atoms with E-state index in [1.807, 2.05) is 0 Å². The fraction of sp³-hybridized carbons (Fsp3) is 1.00. The van der Waals surface area contributed by atoms with E-state index in [1.165, 1.54) is 34.8 Å². The molecular formula is C11H22O5. The predicted octanol–water partition coefficient (Wildman–Crippen LogP) is 0.0207. The SMILES string of the molecule is CO[C@@]1(C)O[C@@H](C)[C@](C)(O)[C@@](C)(O)[C@@]1(C)O. The molecule has 5 heteroatoms. The van der Waals surface area contributed by atoms with Crippen LogP contribution in [0.15, 0.2) is 0 Å². The van der Waals surface area contributed by atoms with Gasteiger partial charge in [-0.05, 0) is 34.6 Å². The third-order valence-corrected chi connectivity index (χ3v) is 4.40. The summed E-state index contributed by atoms with van der Waals surface area (Å²) in [5.41, 5.74) is -5.08. The van der Waals surface area contributed by atoms with Gasteiger partial charge < -0.3 is 24.8 Å². The van der Waals surface area contributed by atoms with Gasteiger partial charge in [0.05, 0.1) is 6.10 Å². The third kappa shape index (κ3) is 1.36. The van der Waals surface area contributed by atoms with Gasteiger partial charge in [-0.15, -0.1) is 0 Å². The van der Waals surface area contributed by atoms with Crippen LogP contribution in [0.4, 0.5) is 0 Å². The molecule has 0 aliphatic carbocycles. The van der Waals surface area contributed by atoms with Crippen LogP contribution in [0.1, 0.15) is 34.6 Å². The van der Waals surface area contributed by atoms with Crippen LogP contribution in [0.2, 0.25) is 0 Å². The number of aliphatic hydroxyl groups is 3. The molecule has 1 aliphatic heterocycles. The molecule has 1 heterocycles. The molecule has 0 saturated carbocycles. The van der Waals surface area contributed by atoms with Crippen molar-refractivity contribution in [2.24, 2.45) is 0 Å². The van der Waals surface area contributed by atoms with Gasteiger partial charge in [-0.25, -0.2) is 0 Å². The Hall–Kier alpha value is -0.200. The summed E-state index contributed by atoms with van der Waals surface area (Å²) in [7, 11) is 1.39. The summed E-state index contributed by atoms with van der Waals surface area (Å²) in [5.74, 6) is -1.38. The molecule has 1 fully saturated rings. The molecule has 0 amide bonds. The maximum absolute atomic E-state index is 10.4. The minimum Gasteiger partial charge on any atom is -0.384 e. The van der Waals surface area contributed by atoms with Crippen LogP contribution in [0.5, 0.6) is 0 Å². The molecule has 0 aromatic rings. The maximum Gasteiger partial charge on any atom is 0.197 e. The molecule has 0 radical (unpaired) electrons. The maximum atomic E-state index is 10.4. The Morgan fingerprint density at radius 3 is 1.81 bits per heavy atom. The minimum atomic E-state index is -1.76. The van der Waals surface area contributed by atoms with Gasteiger partial charge in [-0.3, -0.25) is 0 Å². The minimum absolute atomic E-state index is 0.673. The predicted molar refractivity (Wildman–Crippen MR) is 57.8 cm³/mol. The third-order valence-electron chi connectivity index (χ3n) is 4.40. The first-order valence-corrected chi connectivity index (χ1v) is 5.34. The molecule has 5 nitrogen and oxygen atoms in total. The number of hydrogen-bond donors (Lipinski definition) is 3. The van der Waals surface area contributed by atoms with Crippen LogP contribution in [-0.4, -0.2) is 51.1 Å². The lowest BCUT2D eigenvalue weighted by molar-refractivity contribution is -0.424. The van der Waals surface area contributed by atoms with Crippen molar-refractivity contribution >= 4 is 0 Å². The zero-order valence-corrected chi connectivity index (χ0v) is 10.7. The van der Waals surface area contributed by atoms with E-state index in [2.05, 4.69) is 0 Å². The average Bonchev–Trinajstić information content (AvgIpc) is 2.14. The van der Waals surface area contributed by atoms with Crippen molar-refractivity contribution < 1.29 is 24.8 Å². The molecule has 0 spiro atoms. The first-order chi connectivity index (χ1) is 6.94. The summed E-state index contributed by atoms with van der Waals surface area (Å²) in [5, 5.41) is 31.1. The zero-order chi connectivity index (χ0) is 13.0. The van der Waals surface area contributed by atoms with E-state index in [1.54, 1.807) is 6.92 Å². The summed E-state index contributed by atoms with van der Waals surface area (Å²) in [6.45, 7) is 7.36. The summed E-state index contributed by atoms with van der Waals surface area (Å²) < 4.78 is 10.7. The van der Waals surface area contributed by atoms with Gasteiger partial charge >= 0.3 is 0 Å². The lowest BCUT2D eigenvalue weighted by Gasteiger charge is -2.60. The first-order valence-electron chi connectivity index (χ1n) is 5.34. The summed E-state index contributed by atoms with van der Waals surface area (Å²) in [6.07, 6.45) is -0.673. The van der Waals surface area contributed by atoms with E-state index < -0.39 is 28.7 Å². The van der Waals surface area contributed by atoms with Crippen LogP contribution in [-0.2, 0) is 9.47 Å². The summed E-state index contributed by atoms with van der Waals surface area (Å²) in [4.78, 5) is 0. The quantitative estimate of drug-likeness (QED) is 0.596. The van der Waals surface area contributed by atoms with Crippen molar-refractivity contribution in [2.75, 3.05) is 7.11 Å². The fourth-order valence-corrected chi connectivity index (χ4v) is 2.14. The monoisotopic (exact) mass is 234 g/mol. The second kappa shape index (κ2) is 3.40. The standard InChI is InChI=1S/C11H22O5/c1-7-8(2,12)9(3,13)10(4,14)11(5,15-6)16-7/h7,12-14H,1-6H3/t7-,8-,9+,10+,11-/m0/s1. The van der Waals surface area contributed by atoms with E-state index in [4.69, 9.17) is 9.47 Å². The highest BCUT2D eigenvalue weighted by molar-refractivity contribution is 5.16. The molecule has 0 bridgehead atoms. The Bertz CT molecular complexity index is 278. The summed E-state index contributed by atoms with van der Waals surface area (Å²) in [6, 6.07) is 0. The molecular weight excluding hydrogens is 212 g/mol. The number of ether oxygens (including phenoxy) is 2. The largest absolute Gasteiger partial charge is 0.384 e. The van der Waals surface area contributed by atoms with E-state index >= 15 is 0 Å². The van der Waals surface area contributed by atoms with Crippen LogP contribution in [0.3, 0.4) is 0 Å². The van der Waals surface area contributed by atoms with Crippen LogP contribution >= 0.6 is 0 Å². The van der Waals surface area contributed by atoms with E-state index in [0.29, 0.717) is 0 Å². The summed E-state index contributed by atoms with van der Waals surface area (Å²) >= 11 is 0. The smallest absolute Gasteiger partial charge is 0.197 e. The van der Waals surface area contributed by atoms with Gasteiger partial charge in [-0.2, -0.15) is 0 Å². The highest BCUT2D eigenvalue weighted by atomic mass is 16.7. The van der Waals surface area contributed by atoms with Crippen molar-refractivity contribution in [1.82, 2.24) is 0 Å². The topological polar surface area (TPSA) is 79.2 Å². The second-order valence-electron chi connectivity index (χ2n) is 5.20. The molecule has 96 valence electrons. The van der Waals surface area contributed by atoms with E-state index in [-0.39, 0.29) is 0 Å². The Morgan fingerprint density at radius 1 is 1.00 bits per heavy atom. The first kappa shape index (κ1) is 13.9. The van der Waals surface area contributed by atoms with Crippen molar-refractivity contribution in [3.63, 3.8) is 0 Å². The van der Waals surface area contributed by atoms with Crippen molar-refractivity contribution in [1.29, 1.82) is 0 Å². The van der Waals surface area contributed by atoms with Crippen LogP contribution in [0, 0.1) is 0 Å². The van der Waals surface area contributed by atoms with Crippen molar-refractivity contribution in [3.8, 4) is 0 Å².